The molecule has 0 radical (unpaired) electrons. The summed E-state index contributed by atoms with van der Waals surface area (Å²) in [5.74, 6) is -5.06. The molecule has 1 aromatic carbocycles. The molecule has 0 spiro atoms. The second kappa shape index (κ2) is 21.0. The van der Waals surface area contributed by atoms with E-state index in [0.717, 1.165) is 5.56 Å². The number of ether oxygens (including phenoxy) is 2. The first-order chi connectivity index (χ1) is 21.0. The zero-order valence-electron chi connectivity index (χ0n) is 24.8. The zero-order valence-corrected chi connectivity index (χ0v) is 24.8. The summed E-state index contributed by atoms with van der Waals surface area (Å²) in [5.41, 5.74) is 27.8. The van der Waals surface area contributed by atoms with E-state index in [0.29, 0.717) is 11.4 Å². The predicted octanol–water partition coefficient (Wildman–Crippen LogP) is -1.90. The van der Waals surface area contributed by atoms with Crippen LogP contribution in [0.5, 0.6) is 5.75 Å². The fourth-order valence-electron chi connectivity index (χ4n) is 2.82. The molecule has 1 heterocycles. The molecular weight excluding hydrogens is 598 g/mol. The highest BCUT2D eigenvalue weighted by molar-refractivity contribution is 5.86. The minimum absolute atomic E-state index is 0.00432. The normalized spacial score (nSPS) is 13.0. The van der Waals surface area contributed by atoms with Crippen molar-refractivity contribution in [2.24, 2.45) is 34.6 Å². The first-order valence-electron chi connectivity index (χ1n) is 13.4. The van der Waals surface area contributed by atoms with Gasteiger partial charge in [-0.05, 0) is 36.5 Å². The Morgan fingerprint density at radius 1 is 0.822 bits per heavy atom. The summed E-state index contributed by atoms with van der Waals surface area (Å²) in [6.45, 7) is 3.28. The number of aromatic nitrogens is 2. The maximum absolute atomic E-state index is 11.7. The first-order valence-corrected chi connectivity index (χ1v) is 13.4. The molecular formula is C27H41N7O11. The molecule has 0 unspecified atom stereocenters. The van der Waals surface area contributed by atoms with E-state index in [1.54, 1.807) is 30.5 Å². The maximum atomic E-state index is 11.7. The monoisotopic (exact) mass is 639 g/mol. The van der Waals surface area contributed by atoms with Gasteiger partial charge in [0.15, 0.2) is 0 Å². The maximum Gasteiger partial charge on any atom is 0.328 e. The van der Waals surface area contributed by atoms with Gasteiger partial charge < -0.3 is 58.4 Å². The third-order valence-corrected chi connectivity index (χ3v) is 5.58. The van der Waals surface area contributed by atoms with Crippen molar-refractivity contribution in [2.75, 3.05) is 6.54 Å². The number of hydrogen-bond donors (Lipinski definition) is 9. The summed E-state index contributed by atoms with van der Waals surface area (Å²) in [6, 6.07) is 2.92. The molecule has 45 heavy (non-hydrogen) atoms. The van der Waals surface area contributed by atoms with Crippen LogP contribution in [0.1, 0.15) is 37.9 Å². The summed E-state index contributed by atoms with van der Waals surface area (Å²) in [4.78, 5) is 70.6. The molecule has 0 aliphatic heterocycles. The van der Waals surface area contributed by atoms with E-state index in [2.05, 4.69) is 14.7 Å². The average Bonchev–Trinajstić information content (AvgIpc) is 3.49. The number of nitrogens with two attached hydrogens (primary N) is 5. The van der Waals surface area contributed by atoms with Crippen LogP contribution in [-0.4, -0.2) is 91.8 Å². The quantitative estimate of drug-likeness (QED) is 0.0619. The number of aliphatic carboxylic acids is 3. The highest BCUT2D eigenvalue weighted by Gasteiger charge is 2.20. The highest BCUT2D eigenvalue weighted by Crippen LogP contribution is 2.15. The van der Waals surface area contributed by atoms with E-state index < -0.39 is 66.5 Å². The van der Waals surface area contributed by atoms with E-state index in [1.807, 2.05) is 13.8 Å². The average molecular weight is 640 g/mol. The van der Waals surface area contributed by atoms with E-state index in [1.165, 1.54) is 6.33 Å². The fraction of sp³-hybridized carbons (Fsp3) is 0.444. The van der Waals surface area contributed by atoms with Gasteiger partial charge in [-0.2, -0.15) is 0 Å². The van der Waals surface area contributed by atoms with Gasteiger partial charge in [0.2, 0.25) is 0 Å². The lowest BCUT2D eigenvalue weighted by Crippen LogP contribution is -2.38. The number of carboxylic acid groups (broad SMARTS) is 3. The number of hydrogen-bond acceptors (Lipinski definition) is 14. The minimum atomic E-state index is -1.21. The van der Waals surface area contributed by atoms with Gasteiger partial charge in [0, 0.05) is 19.0 Å². The third-order valence-electron chi connectivity index (χ3n) is 5.58. The lowest BCUT2D eigenvalue weighted by atomic mass is 10.1. The Hall–Kier alpha value is -4.75. The van der Waals surface area contributed by atoms with Gasteiger partial charge >= 0.3 is 35.8 Å². The Morgan fingerprint density at radius 3 is 1.80 bits per heavy atom. The number of aromatic amines is 1. The van der Waals surface area contributed by atoms with Crippen LogP contribution in [-0.2, 0) is 46.3 Å². The van der Waals surface area contributed by atoms with E-state index >= 15 is 0 Å². The van der Waals surface area contributed by atoms with Crippen LogP contribution in [0.4, 0.5) is 0 Å². The summed E-state index contributed by atoms with van der Waals surface area (Å²) >= 11 is 0. The number of carboxylic acids is 3. The third kappa shape index (κ3) is 17.8. The Kier molecular flexibility index (Phi) is 18.8. The Morgan fingerprint density at radius 2 is 1.36 bits per heavy atom. The van der Waals surface area contributed by atoms with Crippen molar-refractivity contribution in [3.63, 3.8) is 0 Å². The smallest absolute Gasteiger partial charge is 0.328 e. The molecule has 18 heteroatoms. The van der Waals surface area contributed by atoms with Gasteiger partial charge in [0.1, 0.15) is 29.9 Å². The summed E-state index contributed by atoms with van der Waals surface area (Å²) in [7, 11) is 0. The van der Waals surface area contributed by atoms with Gasteiger partial charge in [-0.3, -0.25) is 24.0 Å². The van der Waals surface area contributed by atoms with E-state index in [-0.39, 0.29) is 31.6 Å². The molecule has 18 nitrogen and oxygen atoms in total. The number of H-pyrrole nitrogens is 1. The van der Waals surface area contributed by atoms with Crippen molar-refractivity contribution in [1.29, 1.82) is 0 Å². The van der Waals surface area contributed by atoms with Crippen LogP contribution in [0.15, 0.2) is 36.8 Å². The number of nitrogens with zero attached hydrogens (tertiary/aromatic N) is 1. The van der Waals surface area contributed by atoms with E-state index in [4.69, 9.17) is 48.7 Å². The van der Waals surface area contributed by atoms with Crippen molar-refractivity contribution < 1.29 is 53.6 Å². The number of nitrogens with one attached hydrogen (secondary N) is 1. The van der Waals surface area contributed by atoms with Gasteiger partial charge in [0.25, 0.3) is 0 Å². The molecule has 0 amide bonds. The molecule has 0 aliphatic rings. The van der Waals surface area contributed by atoms with Crippen LogP contribution in [0.25, 0.3) is 0 Å². The van der Waals surface area contributed by atoms with Crippen LogP contribution < -0.4 is 33.4 Å². The van der Waals surface area contributed by atoms with Gasteiger partial charge in [-0.25, -0.2) is 9.78 Å². The standard InChI is InChI=1S/C14H20N2O4.C7H12N2O5.C6H9N3O2/c1-8(2)12(16)14(19)20-10-5-3-9(4-6-10)7-11(15)13(17)18;8-3-6(11)14-5(10)2-1-4(9)7(12)13;7-5(6(10)11)1-4-2-8-3-9-4/h3-6,8,11-12H,7,15-16H2,1-2H3,(H,17,18);4H,1-3,8-9H2,(H,12,13);2-3,5H,1,7H2,(H,8,9)(H,10,11)/t11-,12-;4-;5-/m000/s1. The Bertz CT molecular complexity index is 1240. The zero-order chi connectivity index (χ0) is 34.7. The Balaban J connectivity index is 0.000000679. The second-order valence-electron chi connectivity index (χ2n) is 9.73. The van der Waals surface area contributed by atoms with E-state index in [9.17, 15) is 28.8 Å². The van der Waals surface area contributed by atoms with Crippen molar-refractivity contribution in [2.45, 2.75) is 63.7 Å². The van der Waals surface area contributed by atoms with Crippen molar-refractivity contribution in [1.82, 2.24) is 9.97 Å². The van der Waals surface area contributed by atoms with Gasteiger partial charge in [-0.1, -0.05) is 26.0 Å². The van der Waals surface area contributed by atoms with Crippen molar-refractivity contribution >= 4 is 35.8 Å². The second-order valence-corrected chi connectivity index (χ2v) is 9.73. The van der Waals surface area contributed by atoms with Gasteiger partial charge in [0.05, 0.1) is 18.6 Å². The number of rotatable bonds is 14. The first kappa shape index (κ1) is 40.2. The number of carbonyl (C=O) groups is 6. The number of benzene rings is 1. The SMILES string of the molecule is CC(C)[C@H](N)C(=O)Oc1ccc(C[C@H](N)C(=O)O)cc1.NCC(=O)OC(=O)CC[C@H](N)C(=O)O.N[C@@H](Cc1c[nH]cn1)C(=O)O. The molecule has 0 aliphatic carbocycles. The van der Waals surface area contributed by atoms with Crippen LogP contribution in [0, 0.1) is 5.92 Å². The summed E-state index contributed by atoms with van der Waals surface area (Å²) < 4.78 is 9.31. The summed E-state index contributed by atoms with van der Waals surface area (Å²) in [6.07, 6.45) is 3.30. The summed E-state index contributed by atoms with van der Waals surface area (Å²) in [5, 5.41) is 25.5. The molecule has 0 saturated heterocycles. The molecule has 1 aromatic heterocycles. The highest BCUT2D eigenvalue weighted by atomic mass is 16.6. The van der Waals surface area contributed by atoms with Crippen LogP contribution >= 0.6 is 0 Å². The number of imidazole rings is 1. The topological polar surface area (TPSA) is 340 Å². The van der Waals surface area contributed by atoms with Crippen molar-refractivity contribution in [3.8, 4) is 5.75 Å². The van der Waals surface area contributed by atoms with Gasteiger partial charge in [-0.15, -0.1) is 0 Å². The van der Waals surface area contributed by atoms with Crippen LogP contribution in [0.3, 0.4) is 0 Å². The lowest BCUT2D eigenvalue weighted by molar-refractivity contribution is -0.158. The molecule has 0 saturated carbocycles. The lowest BCUT2D eigenvalue weighted by Gasteiger charge is -2.14. The molecule has 2 rings (SSSR count). The van der Waals surface area contributed by atoms with Crippen LogP contribution in [0.2, 0.25) is 0 Å². The number of carbonyl (C=O) groups excluding carboxylic acids is 3. The number of esters is 3. The molecule has 2 aromatic rings. The molecule has 0 bridgehead atoms. The predicted molar refractivity (Wildman–Crippen MR) is 157 cm³/mol. The fourth-order valence-corrected chi connectivity index (χ4v) is 2.82. The molecule has 4 atom stereocenters. The molecule has 250 valence electrons. The molecule has 0 fully saturated rings. The van der Waals surface area contributed by atoms with Crippen molar-refractivity contribution in [3.05, 3.63) is 48.0 Å². The largest absolute Gasteiger partial charge is 0.480 e. The minimum Gasteiger partial charge on any atom is -0.480 e. The molecule has 14 N–H and O–H groups in total. The Labute approximate surface area is 258 Å².